The van der Waals surface area contributed by atoms with Crippen molar-refractivity contribution in [3.8, 4) is 0 Å². The second kappa shape index (κ2) is 5.79. The van der Waals surface area contributed by atoms with Crippen LogP contribution in [0.1, 0.15) is 20.8 Å². The van der Waals surface area contributed by atoms with Crippen molar-refractivity contribution in [3.05, 3.63) is 51.8 Å². The van der Waals surface area contributed by atoms with Gasteiger partial charge in [-0.15, -0.1) is 11.3 Å². The van der Waals surface area contributed by atoms with Crippen LogP contribution in [0.2, 0.25) is 0 Å². The molecule has 23 heavy (non-hydrogen) atoms. The molecule has 0 fully saturated rings. The summed E-state index contributed by atoms with van der Waals surface area (Å²) in [5.74, 6) is -0.319. The number of rotatable bonds is 3. The van der Waals surface area contributed by atoms with E-state index >= 15 is 0 Å². The predicted octanol–water partition coefficient (Wildman–Crippen LogP) is 2.90. The molecule has 1 aliphatic heterocycles. The molecular weight excluding hydrogens is 310 g/mol. The Morgan fingerprint density at radius 2 is 2.30 bits per heavy atom. The van der Waals surface area contributed by atoms with Crippen LogP contribution in [-0.2, 0) is 24.4 Å². The third-order valence-electron chi connectivity index (χ3n) is 4.28. The fourth-order valence-electron chi connectivity index (χ4n) is 3.06. The average Bonchev–Trinajstić information content (AvgIpc) is 3.20. The molecule has 4 rings (SSSR count). The summed E-state index contributed by atoms with van der Waals surface area (Å²) in [5.41, 5.74) is 3.03. The lowest BCUT2D eigenvalue weighted by Gasteiger charge is -2.26. The quantitative estimate of drug-likeness (QED) is 0.694. The van der Waals surface area contributed by atoms with Gasteiger partial charge in [0, 0.05) is 23.4 Å². The van der Waals surface area contributed by atoms with Crippen molar-refractivity contribution in [3.63, 3.8) is 0 Å². The van der Waals surface area contributed by atoms with Crippen molar-refractivity contribution < 1.29 is 9.53 Å². The van der Waals surface area contributed by atoms with Gasteiger partial charge in [-0.2, -0.15) is 5.10 Å². The van der Waals surface area contributed by atoms with Crippen LogP contribution in [0.4, 0.5) is 0 Å². The molecule has 1 aliphatic rings. The van der Waals surface area contributed by atoms with E-state index in [0.29, 0.717) is 5.56 Å². The SMILES string of the molecule is COC(=O)c1ccc2c(cnn2CN2CCc3sccc3C2)c1. The summed E-state index contributed by atoms with van der Waals surface area (Å²) >= 11 is 1.85. The van der Waals surface area contributed by atoms with Gasteiger partial charge >= 0.3 is 5.97 Å². The monoisotopic (exact) mass is 327 g/mol. The number of carbonyl (C=O) groups excluding carboxylic acids is 1. The second-order valence-corrected chi connectivity index (χ2v) is 6.72. The first kappa shape index (κ1) is 14.4. The van der Waals surface area contributed by atoms with Crippen molar-refractivity contribution in [1.82, 2.24) is 14.7 Å². The predicted molar refractivity (Wildman–Crippen MR) is 89.5 cm³/mol. The molecule has 0 spiro atoms. The first-order valence-electron chi connectivity index (χ1n) is 7.56. The van der Waals surface area contributed by atoms with Crippen molar-refractivity contribution in [1.29, 1.82) is 0 Å². The van der Waals surface area contributed by atoms with E-state index in [1.165, 1.54) is 17.6 Å². The zero-order chi connectivity index (χ0) is 15.8. The van der Waals surface area contributed by atoms with E-state index in [0.717, 1.165) is 37.1 Å². The highest BCUT2D eigenvalue weighted by Crippen LogP contribution is 2.25. The van der Waals surface area contributed by atoms with Crippen molar-refractivity contribution in [2.24, 2.45) is 0 Å². The summed E-state index contributed by atoms with van der Waals surface area (Å²) in [6.07, 6.45) is 2.92. The number of esters is 1. The van der Waals surface area contributed by atoms with Gasteiger partial charge in [0.25, 0.3) is 0 Å². The van der Waals surface area contributed by atoms with Gasteiger partial charge in [-0.25, -0.2) is 4.79 Å². The van der Waals surface area contributed by atoms with Gasteiger partial charge in [0.2, 0.25) is 0 Å². The molecule has 0 radical (unpaired) electrons. The van der Waals surface area contributed by atoms with Crippen LogP contribution in [0, 0.1) is 0 Å². The lowest BCUT2D eigenvalue weighted by molar-refractivity contribution is 0.0601. The molecule has 1 aromatic carbocycles. The molecule has 0 saturated carbocycles. The molecule has 0 unspecified atom stereocenters. The van der Waals surface area contributed by atoms with Crippen LogP contribution in [0.25, 0.3) is 10.9 Å². The zero-order valence-corrected chi connectivity index (χ0v) is 13.7. The van der Waals surface area contributed by atoms with Crippen LogP contribution in [-0.4, -0.2) is 34.3 Å². The van der Waals surface area contributed by atoms with Crippen LogP contribution >= 0.6 is 11.3 Å². The minimum Gasteiger partial charge on any atom is -0.465 e. The molecule has 118 valence electrons. The van der Waals surface area contributed by atoms with Gasteiger partial charge in [0.05, 0.1) is 31.1 Å². The number of ether oxygens (including phenoxy) is 1. The van der Waals surface area contributed by atoms with Gasteiger partial charge in [0.15, 0.2) is 0 Å². The molecule has 5 nitrogen and oxygen atoms in total. The van der Waals surface area contributed by atoms with E-state index in [1.54, 1.807) is 6.07 Å². The molecule has 2 aromatic heterocycles. The maximum atomic E-state index is 11.6. The topological polar surface area (TPSA) is 47.4 Å². The molecule has 6 heteroatoms. The van der Waals surface area contributed by atoms with Crippen molar-refractivity contribution in [2.45, 2.75) is 19.6 Å². The maximum Gasteiger partial charge on any atom is 0.337 e. The van der Waals surface area contributed by atoms with Gasteiger partial charge in [-0.3, -0.25) is 9.58 Å². The first-order chi connectivity index (χ1) is 11.2. The molecule has 0 N–H and O–H groups in total. The van der Waals surface area contributed by atoms with Gasteiger partial charge in [-0.05, 0) is 41.6 Å². The number of fused-ring (bicyclic) bond motifs is 2. The molecule has 3 heterocycles. The summed E-state index contributed by atoms with van der Waals surface area (Å²) < 4.78 is 6.76. The highest BCUT2D eigenvalue weighted by Gasteiger charge is 2.18. The second-order valence-electron chi connectivity index (χ2n) is 5.72. The molecule has 0 bridgehead atoms. The van der Waals surface area contributed by atoms with Crippen LogP contribution in [0.5, 0.6) is 0 Å². The van der Waals surface area contributed by atoms with E-state index in [-0.39, 0.29) is 5.97 Å². The Bertz CT molecular complexity index is 868. The molecule has 0 aliphatic carbocycles. The van der Waals surface area contributed by atoms with Crippen LogP contribution in [0.3, 0.4) is 0 Å². The standard InChI is InChI=1S/C17H17N3O2S/c1-22-17(21)12-2-3-15-14(8-12)9-18-20(15)11-19-6-4-16-13(10-19)5-7-23-16/h2-3,5,7-9H,4,6,10-11H2,1H3. The van der Waals surface area contributed by atoms with Crippen LogP contribution < -0.4 is 0 Å². The summed E-state index contributed by atoms with van der Waals surface area (Å²) in [7, 11) is 1.39. The molecule has 0 amide bonds. The number of thiophene rings is 1. The fraction of sp³-hybridized carbons (Fsp3) is 0.294. The summed E-state index contributed by atoms with van der Waals surface area (Å²) in [5, 5.41) is 7.62. The minimum absolute atomic E-state index is 0.319. The van der Waals surface area contributed by atoms with Gasteiger partial charge in [-0.1, -0.05) is 0 Å². The minimum atomic E-state index is -0.319. The smallest absolute Gasteiger partial charge is 0.337 e. The Kier molecular flexibility index (Phi) is 3.63. The summed E-state index contributed by atoms with van der Waals surface area (Å²) in [6, 6.07) is 7.78. The largest absolute Gasteiger partial charge is 0.465 e. The van der Waals surface area contributed by atoms with Gasteiger partial charge < -0.3 is 4.74 Å². The Morgan fingerprint density at radius 1 is 1.39 bits per heavy atom. The Morgan fingerprint density at radius 3 is 3.17 bits per heavy atom. The number of carbonyl (C=O) groups is 1. The van der Waals surface area contributed by atoms with Crippen molar-refractivity contribution >= 4 is 28.2 Å². The Labute approximate surface area is 138 Å². The Balaban J connectivity index is 1.57. The number of aromatic nitrogens is 2. The van der Waals surface area contributed by atoms with E-state index in [2.05, 4.69) is 21.4 Å². The lowest BCUT2D eigenvalue weighted by Crippen LogP contribution is -2.31. The van der Waals surface area contributed by atoms with E-state index in [4.69, 9.17) is 4.74 Å². The normalized spacial score (nSPS) is 14.8. The number of hydrogen-bond donors (Lipinski definition) is 0. The lowest BCUT2D eigenvalue weighted by atomic mass is 10.1. The number of hydrogen-bond acceptors (Lipinski definition) is 5. The number of benzene rings is 1. The molecule has 0 atom stereocenters. The first-order valence-corrected chi connectivity index (χ1v) is 8.44. The number of methoxy groups -OCH3 is 1. The molecule has 3 aromatic rings. The highest BCUT2D eigenvalue weighted by molar-refractivity contribution is 7.10. The number of nitrogens with zero attached hydrogens (tertiary/aromatic N) is 3. The van der Waals surface area contributed by atoms with E-state index < -0.39 is 0 Å². The Hall–Kier alpha value is -2.18. The summed E-state index contributed by atoms with van der Waals surface area (Å²) in [6.45, 7) is 2.78. The average molecular weight is 327 g/mol. The van der Waals surface area contributed by atoms with Crippen LogP contribution in [0.15, 0.2) is 35.8 Å². The van der Waals surface area contributed by atoms with Gasteiger partial charge in [0.1, 0.15) is 0 Å². The third kappa shape index (κ3) is 2.64. The molecule has 0 saturated heterocycles. The maximum absolute atomic E-state index is 11.6. The van der Waals surface area contributed by atoms with Crippen molar-refractivity contribution in [2.75, 3.05) is 13.7 Å². The third-order valence-corrected chi connectivity index (χ3v) is 5.31. The zero-order valence-electron chi connectivity index (χ0n) is 12.9. The van der Waals surface area contributed by atoms with E-state index in [1.807, 2.05) is 34.3 Å². The fourth-order valence-corrected chi connectivity index (χ4v) is 3.95. The van der Waals surface area contributed by atoms with E-state index in [9.17, 15) is 4.79 Å². The molecular formula is C17H17N3O2S. The summed E-state index contributed by atoms with van der Waals surface area (Å²) in [4.78, 5) is 15.5. The highest BCUT2D eigenvalue weighted by atomic mass is 32.1.